The molecule has 0 saturated carbocycles. The Balaban J connectivity index is 1.72. The van der Waals surface area contributed by atoms with Gasteiger partial charge in [-0.05, 0) is 48.7 Å². The highest BCUT2D eigenvalue weighted by molar-refractivity contribution is 6.04. The Labute approximate surface area is 164 Å². The molecule has 2 aromatic carbocycles. The lowest BCUT2D eigenvalue weighted by Crippen LogP contribution is -2.28. The predicted octanol–water partition coefficient (Wildman–Crippen LogP) is 3.81. The molecule has 1 unspecified atom stereocenters. The van der Waals surface area contributed by atoms with Crippen LogP contribution in [-0.4, -0.2) is 37.5 Å². The van der Waals surface area contributed by atoms with E-state index in [1.807, 2.05) is 17.0 Å². The van der Waals surface area contributed by atoms with Gasteiger partial charge >= 0.3 is 0 Å². The zero-order valence-corrected chi connectivity index (χ0v) is 16.1. The van der Waals surface area contributed by atoms with Crippen LogP contribution in [0.15, 0.2) is 55.1 Å². The van der Waals surface area contributed by atoms with E-state index >= 15 is 0 Å². The third-order valence-corrected chi connectivity index (χ3v) is 4.91. The van der Waals surface area contributed by atoms with E-state index in [4.69, 9.17) is 9.47 Å². The Morgan fingerprint density at radius 3 is 2.46 bits per heavy atom. The molecule has 6 heteroatoms. The molecule has 0 radical (unpaired) electrons. The summed E-state index contributed by atoms with van der Waals surface area (Å²) in [7, 11) is 3.11. The maximum absolute atomic E-state index is 12.6. The standard InChI is InChI=1S/C22H24N2O4/c1-4-21(25)24-13-5-6-18(24)15-7-9-16(10-8-15)22(26)23-17-11-12-19(27-2)20(14-17)28-3/h4,7-12,14,18H,1,5-6,13H2,2-3H3,(H,23,26). The van der Waals surface area contributed by atoms with Gasteiger partial charge in [0.05, 0.1) is 20.3 Å². The first kappa shape index (κ1) is 19.5. The van der Waals surface area contributed by atoms with E-state index in [1.165, 1.54) is 6.08 Å². The summed E-state index contributed by atoms with van der Waals surface area (Å²) in [5.41, 5.74) is 2.18. The predicted molar refractivity (Wildman–Crippen MR) is 108 cm³/mol. The number of hydrogen-bond donors (Lipinski definition) is 1. The zero-order chi connectivity index (χ0) is 20.1. The molecule has 1 saturated heterocycles. The molecule has 1 aliphatic heterocycles. The van der Waals surface area contributed by atoms with Crippen molar-refractivity contribution < 1.29 is 19.1 Å². The first-order chi connectivity index (χ1) is 13.6. The number of ether oxygens (including phenoxy) is 2. The molecule has 0 bridgehead atoms. The van der Waals surface area contributed by atoms with Crippen molar-refractivity contribution in [1.29, 1.82) is 0 Å². The molecule has 1 atom stereocenters. The fraction of sp³-hybridized carbons (Fsp3) is 0.273. The molecule has 1 aliphatic rings. The molecule has 1 fully saturated rings. The first-order valence-electron chi connectivity index (χ1n) is 9.13. The quantitative estimate of drug-likeness (QED) is 0.774. The summed E-state index contributed by atoms with van der Waals surface area (Å²) in [6.45, 7) is 4.31. The van der Waals surface area contributed by atoms with Crippen LogP contribution in [0.4, 0.5) is 5.69 Å². The smallest absolute Gasteiger partial charge is 0.255 e. The van der Waals surface area contributed by atoms with Crippen molar-refractivity contribution in [1.82, 2.24) is 4.90 Å². The lowest BCUT2D eigenvalue weighted by atomic mass is 10.0. The van der Waals surface area contributed by atoms with Crippen molar-refractivity contribution in [2.24, 2.45) is 0 Å². The number of rotatable bonds is 6. The van der Waals surface area contributed by atoms with E-state index < -0.39 is 0 Å². The molecule has 1 heterocycles. The Morgan fingerprint density at radius 2 is 1.82 bits per heavy atom. The number of benzene rings is 2. The second-order valence-corrected chi connectivity index (χ2v) is 6.54. The largest absolute Gasteiger partial charge is 0.493 e. The average Bonchev–Trinajstić information content (AvgIpc) is 3.23. The van der Waals surface area contributed by atoms with Crippen LogP contribution < -0.4 is 14.8 Å². The number of anilines is 1. The zero-order valence-electron chi connectivity index (χ0n) is 16.1. The maximum Gasteiger partial charge on any atom is 0.255 e. The summed E-state index contributed by atoms with van der Waals surface area (Å²) in [6, 6.07) is 12.6. The molecule has 146 valence electrons. The van der Waals surface area contributed by atoms with E-state index in [-0.39, 0.29) is 17.9 Å². The van der Waals surface area contributed by atoms with E-state index in [1.54, 1.807) is 44.6 Å². The van der Waals surface area contributed by atoms with Gasteiger partial charge in [-0.1, -0.05) is 18.7 Å². The molecule has 2 aromatic rings. The minimum Gasteiger partial charge on any atom is -0.493 e. The van der Waals surface area contributed by atoms with Crippen molar-refractivity contribution in [2.75, 3.05) is 26.1 Å². The summed E-state index contributed by atoms with van der Waals surface area (Å²) >= 11 is 0. The van der Waals surface area contributed by atoms with Crippen LogP contribution in [0.1, 0.15) is 34.8 Å². The molecule has 6 nitrogen and oxygen atoms in total. The normalized spacial score (nSPS) is 15.8. The van der Waals surface area contributed by atoms with Crippen molar-refractivity contribution in [2.45, 2.75) is 18.9 Å². The Morgan fingerprint density at radius 1 is 1.11 bits per heavy atom. The number of likely N-dealkylation sites (tertiary alicyclic amines) is 1. The summed E-state index contributed by atoms with van der Waals surface area (Å²) < 4.78 is 10.5. The Bertz CT molecular complexity index is 877. The SMILES string of the molecule is C=CC(=O)N1CCCC1c1ccc(C(=O)Nc2ccc(OC)c(OC)c2)cc1. The van der Waals surface area contributed by atoms with Gasteiger partial charge in [-0.15, -0.1) is 0 Å². The lowest BCUT2D eigenvalue weighted by Gasteiger charge is -2.23. The highest BCUT2D eigenvalue weighted by Gasteiger charge is 2.28. The number of amides is 2. The Hall–Kier alpha value is -3.28. The molecule has 28 heavy (non-hydrogen) atoms. The summed E-state index contributed by atoms with van der Waals surface area (Å²) in [5, 5.41) is 2.86. The van der Waals surface area contributed by atoms with Gasteiger partial charge in [-0.3, -0.25) is 9.59 Å². The van der Waals surface area contributed by atoms with Crippen molar-refractivity contribution in [3.63, 3.8) is 0 Å². The van der Waals surface area contributed by atoms with Crippen LogP contribution in [0, 0.1) is 0 Å². The van der Waals surface area contributed by atoms with Gasteiger partial charge in [-0.25, -0.2) is 0 Å². The van der Waals surface area contributed by atoms with Crippen LogP contribution in [0.3, 0.4) is 0 Å². The first-order valence-corrected chi connectivity index (χ1v) is 9.13. The number of nitrogens with one attached hydrogen (secondary N) is 1. The molecular formula is C22H24N2O4. The maximum atomic E-state index is 12.6. The fourth-order valence-electron chi connectivity index (χ4n) is 3.47. The lowest BCUT2D eigenvalue weighted by molar-refractivity contribution is -0.126. The Kier molecular flexibility index (Phi) is 5.99. The van der Waals surface area contributed by atoms with Gasteiger partial charge < -0.3 is 19.7 Å². The van der Waals surface area contributed by atoms with Gasteiger partial charge in [0.1, 0.15) is 0 Å². The third-order valence-electron chi connectivity index (χ3n) is 4.91. The second kappa shape index (κ2) is 8.61. The van der Waals surface area contributed by atoms with Gasteiger partial charge in [0.2, 0.25) is 5.91 Å². The number of carbonyl (C=O) groups is 2. The van der Waals surface area contributed by atoms with E-state index in [0.29, 0.717) is 22.7 Å². The monoisotopic (exact) mass is 380 g/mol. The number of carbonyl (C=O) groups excluding carboxylic acids is 2. The number of hydrogen-bond acceptors (Lipinski definition) is 4. The average molecular weight is 380 g/mol. The van der Waals surface area contributed by atoms with Gasteiger partial charge in [0, 0.05) is 23.9 Å². The number of methoxy groups -OCH3 is 2. The second-order valence-electron chi connectivity index (χ2n) is 6.54. The van der Waals surface area contributed by atoms with Crippen LogP contribution in [0.25, 0.3) is 0 Å². The minimum atomic E-state index is -0.218. The van der Waals surface area contributed by atoms with E-state index in [2.05, 4.69) is 11.9 Å². The van der Waals surface area contributed by atoms with E-state index in [0.717, 1.165) is 24.9 Å². The highest BCUT2D eigenvalue weighted by atomic mass is 16.5. The van der Waals surface area contributed by atoms with Crippen molar-refractivity contribution in [3.05, 3.63) is 66.2 Å². The molecular weight excluding hydrogens is 356 g/mol. The van der Waals surface area contributed by atoms with Crippen molar-refractivity contribution in [3.8, 4) is 11.5 Å². The van der Waals surface area contributed by atoms with E-state index in [9.17, 15) is 9.59 Å². The fourth-order valence-corrected chi connectivity index (χ4v) is 3.47. The molecule has 2 amide bonds. The summed E-state index contributed by atoms with van der Waals surface area (Å²) in [6.07, 6.45) is 3.23. The highest BCUT2D eigenvalue weighted by Crippen LogP contribution is 2.32. The minimum absolute atomic E-state index is 0.0356. The topological polar surface area (TPSA) is 67.9 Å². The molecule has 1 N–H and O–H groups in total. The summed E-state index contributed by atoms with van der Waals surface area (Å²) in [5.74, 6) is 0.867. The number of nitrogens with zero attached hydrogens (tertiary/aromatic N) is 1. The van der Waals surface area contributed by atoms with Crippen LogP contribution >= 0.6 is 0 Å². The molecule has 0 aromatic heterocycles. The molecule has 3 rings (SSSR count). The molecule has 0 spiro atoms. The van der Waals surface area contributed by atoms with Gasteiger partial charge in [0.15, 0.2) is 11.5 Å². The van der Waals surface area contributed by atoms with Crippen LogP contribution in [0.5, 0.6) is 11.5 Å². The summed E-state index contributed by atoms with van der Waals surface area (Å²) in [4.78, 5) is 26.4. The van der Waals surface area contributed by atoms with Gasteiger partial charge in [-0.2, -0.15) is 0 Å². The molecule has 0 aliphatic carbocycles. The van der Waals surface area contributed by atoms with Crippen LogP contribution in [0.2, 0.25) is 0 Å². The van der Waals surface area contributed by atoms with Gasteiger partial charge in [0.25, 0.3) is 5.91 Å². The van der Waals surface area contributed by atoms with Crippen LogP contribution in [-0.2, 0) is 4.79 Å². The third kappa shape index (κ3) is 4.01. The van der Waals surface area contributed by atoms with Crippen molar-refractivity contribution >= 4 is 17.5 Å².